The molecule has 0 bridgehead atoms. The van der Waals surface area contributed by atoms with Crippen molar-refractivity contribution in [3.05, 3.63) is 53.6 Å². The zero-order valence-electron chi connectivity index (χ0n) is 14.8. The number of halogens is 1. The zero-order valence-corrected chi connectivity index (χ0v) is 16.3. The fraction of sp³-hybridized carbons (Fsp3) is 0.278. The normalized spacial score (nSPS) is 12.3. The third-order valence-corrected chi connectivity index (χ3v) is 5.04. The largest absolute Gasteiger partial charge is 0.494 e. The minimum Gasteiger partial charge on any atom is -0.494 e. The van der Waals surface area contributed by atoms with Crippen molar-refractivity contribution in [2.45, 2.75) is 19.9 Å². The molecule has 1 N–H and O–H groups in total. The van der Waals surface area contributed by atoms with Crippen LogP contribution in [0, 0.1) is 0 Å². The number of sulfonamides is 1. The first-order chi connectivity index (χ1) is 12.2. The van der Waals surface area contributed by atoms with E-state index >= 15 is 0 Å². The highest BCUT2D eigenvalue weighted by Gasteiger charge is 2.29. The van der Waals surface area contributed by atoms with Crippen molar-refractivity contribution in [2.24, 2.45) is 0 Å². The van der Waals surface area contributed by atoms with Crippen molar-refractivity contribution in [1.29, 1.82) is 0 Å². The molecule has 0 aliphatic heterocycles. The van der Waals surface area contributed by atoms with Gasteiger partial charge in [0, 0.05) is 16.8 Å². The van der Waals surface area contributed by atoms with Crippen LogP contribution in [0.5, 0.6) is 5.75 Å². The molecule has 0 fully saturated rings. The summed E-state index contributed by atoms with van der Waals surface area (Å²) < 4.78 is 31.0. The van der Waals surface area contributed by atoms with E-state index in [9.17, 15) is 13.2 Å². The molecular weight excluding hydrogens is 376 g/mol. The number of ether oxygens (including phenoxy) is 1. The summed E-state index contributed by atoms with van der Waals surface area (Å²) in [7, 11) is -3.70. The Morgan fingerprint density at radius 1 is 1.23 bits per heavy atom. The Labute approximate surface area is 158 Å². The molecule has 0 saturated carbocycles. The number of amides is 1. The molecule has 2 rings (SSSR count). The summed E-state index contributed by atoms with van der Waals surface area (Å²) in [4.78, 5) is 12.6. The van der Waals surface area contributed by atoms with E-state index in [0.717, 1.165) is 10.6 Å². The van der Waals surface area contributed by atoms with Crippen LogP contribution in [0.3, 0.4) is 0 Å². The van der Waals surface area contributed by atoms with Crippen molar-refractivity contribution >= 4 is 38.9 Å². The van der Waals surface area contributed by atoms with Crippen LogP contribution in [-0.4, -0.2) is 33.2 Å². The molecule has 2 aromatic carbocycles. The molecule has 6 nitrogen and oxygen atoms in total. The van der Waals surface area contributed by atoms with Gasteiger partial charge in [0.25, 0.3) is 0 Å². The van der Waals surface area contributed by atoms with Crippen LogP contribution in [0.2, 0.25) is 5.02 Å². The van der Waals surface area contributed by atoms with Crippen LogP contribution in [0.15, 0.2) is 48.5 Å². The van der Waals surface area contributed by atoms with Gasteiger partial charge in [-0.2, -0.15) is 0 Å². The number of carbonyl (C=O) groups excluding carboxylic acids is 1. The average molecular weight is 397 g/mol. The van der Waals surface area contributed by atoms with E-state index in [1.54, 1.807) is 42.5 Å². The fourth-order valence-corrected chi connectivity index (χ4v) is 3.85. The van der Waals surface area contributed by atoms with E-state index in [2.05, 4.69) is 5.32 Å². The van der Waals surface area contributed by atoms with Gasteiger partial charge in [-0.25, -0.2) is 8.42 Å². The molecule has 0 aliphatic carbocycles. The number of nitrogens with one attached hydrogen (secondary N) is 1. The Morgan fingerprint density at radius 3 is 2.54 bits per heavy atom. The van der Waals surface area contributed by atoms with Gasteiger partial charge in [0.1, 0.15) is 11.8 Å². The van der Waals surface area contributed by atoms with E-state index in [4.69, 9.17) is 16.3 Å². The average Bonchev–Trinajstić information content (AvgIpc) is 2.54. The molecule has 0 aliphatic rings. The van der Waals surface area contributed by atoms with Crippen molar-refractivity contribution < 1.29 is 17.9 Å². The molecule has 1 atom stereocenters. The Kier molecular flexibility index (Phi) is 6.50. The molecule has 8 heteroatoms. The molecule has 0 spiro atoms. The zero-order chi connectivity index (χ0) is 19.3. The van der Waals surface area contributed by atoms with Crippen molar-refractivity contribution in [1.82, 2.24) is 0 Å². The summed E-state index contributed by atoms with van der Waals surface area (Å²) in [5.74, 6) is 0.150. The smallest absolute Gasteiger partial charge is 0.247 e. The highest BCUT2D eigenvalue weighted by atomic mass is 35.5. The second kappa shape index (κ2) is 8.42. The summed E-state index contributed by atoms with van der Waals surface area (Å²) in [6.45, 7) is 3.89. The second-order valence-corrected chi connectivity index (χ2v) is 7.96. The number of hydrogen-bond donors (Lipinski definition) is 1. The maximum absolute atomic E-state index is 12.6. The molecule has 0 aromatic heterocycles. The van der Waals surface area contributed by atoms with Gasteiger partial charge < -0.3 is 10.1 Å². The third-order valence-electron chi connectivity index (χ3n) is 3.56. The summed E-state index contributed by atoms with van der Waals surface area (Å²) in [5.41, 5.74) is 0.845. The SMILES string of the molecule is CCOc1cccc(NC(=O)C(C)N(c2cccc(Cl)c2)S(C)(=O)=O)c1. The number of nitrogens with zero attached hydrogens (tertiary/aromatic N) is 1. The van der Waals surface area contributed by atoms with Gasteiger partial charge in [-0.1, -0.05) is 23.7 Å². The van der Waals surface area contributed by atoms with Crippen LogP contribution in [0.25, 0.3) is 0 Å². The molecule has 26 heavy (non-hydrogen) atoms. The van der Waals surface area contributed by atoms with Gasteiger partial charge >= 0.3 is 0 Å². The van der Waals surface area contributed by atoms with Gasteiger partial charge in [0.15, 0.2) is 0 Å². The van der Waals surface area contributed by atoms with Crippen molar-refractivity contribution in [3.8, 4) is 5.75 Å². The lowest BCUT2D eigenvalue weighted by atomic mass is 10.2. The summed E-state index contributed by atoms with van der Waals surface area (Å²) in [6.07, 6.45) is 1.05. The molecule has 0 heterocycles. The first-order valence-electron chi connectivity index (χ1n) is 8.01. The van der Waals surface area contributed by atoms with Crippen LogP contribution in [0.4, 0.5) is 11.4 Å². The van der Waals surface area contributed by atoms with Gasteiger partial charge in [-0.05, 0) is 44.2 Å². The van der Waals surface area contributed by atoms with Crippen LogP contribution in [-0.2, 0) is 14.8 Å². The maximum atomic E-state index is 12.6. The third kappa shape index (κ3) is 5.12. The van der Waals surface area contributed by atoms with Crippen LogP contribution < -0.4 is 14.4 Å². The van der Waals surface area contributed by atoms with Gasteiger partial charge in [0.2, 0.25) is 15.9 Å². The summed E-state index contributed by atoms with van der Waals surface area (Å²) >= 11 is 5.96. The molecule has 1 unspecified atom stereocenters. The highest BCUT2D eigenvalue weighted by Crippen LogP contribution is 2.25. The van der Waals surface area contributed by atoms with E-state index in [-0.39, 0.29) is 0 Å². The van der Waals surface area contributed by atoms with E-state index in [0.29, 0.717) is 28.8 Å². The molecular formula is C18H21ClN2O4S. The number of rotatable bonds is 7. The molecule has 140 valence electrons. The van der Waals surface area contributed by atoms with Gasteiger partial charge in [-0.3, -0.25) is 9.10 Å². The number of hydrogen-bond acceptors (Lipinski definition) is 4. The highest BCUT2D eigenvalue weighted by molar-refractivity contribution is 7.92. The Balaban J connectivity index is 2.27. The quantitative estimate of drug-likeness (QED) is 0.776. The van der Waals surface area contributed by atoms with Crippen LogP contribution in [0.1, 0.15) is 13.8 Å². The van der Waals surface area contributed by atoms with Crippen molar-refractivity contribution in [2.75, 3.05) is 22.5 Å². The minimum absolute atomic E-state index is 0.325. The standard InChI is InChI=1S/C18H21ClN2O4S/c1-4-25-17-10-6-8-15(12-17)20-18(22)13(2)21(26(3,23)24)16-9-5-7-14(19)11-16/h5-13H,4H2,1-3H3,(H,20,22). The number of carbonyl (C=O) groups is 1. The topological polar surface area (TPSA) is 75.7 Å². The minimum atomic E-state index is -3.70. The molecule has 0 saturated heterocycles. The Bertz CT molecular complexity index is 886. The fourth-order valence-electron chi connectivity index (χ4n) is 2.50. The predicted molar refractivity (Wildman–Crippen MR) is 104 cm³/mol. The summed E-state index contributed by atoms with van der Waals surface area (Å²) in [5, 5.41) is 3.10. The van der Waals surface area contributed by atoms with Crippen LogP contribution >= 0.6 is 11.6 Å². The first-order valence-corrected chi connectivity index (χ1v) is 10.2. The van der Waals surface area contributed by atoms with Gasteiger partial charge in [-0.15, -0.1) is 0 Å². The van der Waals surface area contributed by atoms with E-state index in [1.807, 2.05) is 6.92 Å². The van der Waals surface area contributed by atoms with E-state index in [1.165, 1.54) is 13.0 Å². The Morgan fingerprint density at radius 2 is 1.92 bits per heavy atom. The van der Waals surface area contributed by atoms with Gasteiger partial charge in [0.05, 0.1) is 18.6 Å². The van der Waals surface area contributed by atoms with Crippen molar-refractivity contribution in [3.63, 3.8) is 0 Å². The molecule has 0 radical (unpaired) electrons. The number of benzene rings is 2. The predicted octanol–water partition coefficient (Wildman–Crippen LogP) is 3.53. The second-order valence-electron chi connectivity index (χ2n) is 5.66. The molecule has 1 amide bonds. The lowest BCUT2D eigenvalue weighted by Crippen LogP contribution is -2.45. The first kappa shape index (κ1) is 20.1. The maximum Gasteiger partial charge on any atom is 0.247 e. The monoisotopic (exact) mass is 396 g/mol. The Hall–Kier alpha value is -2.25. The lowest BCUT2D eigenvalue weighted by Gasteiger charge is -2.28. The number of anilines is 2. The molecule has 2 aromatic rings. The van der Waals surface area contributed by atoms with E-state index < -0.39 is 22.0 Å². The lowest BCUT2D eigenvalue weighted by molar-refractivity contribution is -0.116. The summed E-state index contributed by atoms with van der Waals surface area (Å²) in [6, 6.07) is 12.3.